The first-order valence-electron chi connectivity index (χ1n) is 7.64. The van der Waals surface area contributed by atoms with Gasteiger partial charge in [0.25, 0.3) is 0 Å². The minimum atomic E-state index is 0.575. The Hall–Kier alpha value is -0.980. The number of hydrogen-bond acceptors (Lipinski definition) is 1. The Balaban J connectivity index is 1.91. The van der Waals surface area contributed by atoms with Crippen LogP contribution in [0.2, 0.25) is 0 Å². The standard InChI is InChI=1S/C18H29N/c1-6-11-19(14(2)3)13-17-12-18(17,5)16-9-7-15(4)8-10-16/h6-7,16-17H,1-2,8-13H2,3-5H3. The molecule has 3 unspecified atom stereocenters. The molecule has 0 aromatic heterocycles. The molecule has 1 saturated carbocycles. The Bertz CT molecular complexity index is 392. The maximum Gasteiger partial charge on any atom is 0.0353 e. The first-order valence-corrected chi connectivity index (χ1v) is 7.64. The Labute approximate surface area is 119 Å². The van der Waals surface area contributed by atoms with E-state index in [0.29, 0.717) is 5.41 Å². The van der Waals surface area contributed by atoms with E-state index < -0.39 is 0 Å². The van der Waals surface area contributed by atoms with Gasteiger partial charge in [-0.3, -0.25) is 0 Å². The van der Waals surface area contributed by atoms with Crippen LogP contribution in [0.3, 0.4) is 0 Å². The SMILES string of the molecule is C=CCN(CC1CC1(C)C1CC=C(C)CC1)C(=C)C. The van der Waals surface area contributed by atoms with Gasteiger partial charge in [-0.15, -0.1) is 6.58 Å². The highest BCUT2D eigenvalue weighted by molar-refractivity contribution is 5.12. The predicted octanol–water partition coefficient (Wildman–Crippen LogP) is 4.78. The molecular formula is C18H29N. The highest BCUT2D eigenvalue weighted by Gasteiger charge is 2.54. The van der Waals surface area contributed by atoms with Crippen LogP contribution in [0.4, 0.5) is 0 Å². The molecule has 2 aliphatic carbocycles. The number of allylic oxidation sites excluding steroid dienone is 3. The summed E-state index contributed by atoms with van der Waals surface area (Å²) in [6, 6.07) is 0. The lowest BCUT2D eigenvalue weighted by Gasteiger charge is -2.30. The van der Waals surface area contributed by atoms with Gasteiger partial charge in [0.2, 0.25) is 0 Å². The van der Waals surface area contributed by atoms with Crippen LogP contribution < -0.4 is 0 Å². The zero-order valence-electron chi connectivity index (χ0n) is 12.9. The van der Waals surface area contributed by atoms with Crippen molar-refractivity contribution >= 4 is 0 Å². The van der Waals surface area contributed by atoms with E-state index in [9.17, 15) is 0 Å². The molecule has 0 aliphatic heterocycles. The summed E-state index contributed by atoms with van der Waals surface area (Å²) in [5.41, 5.74) is 3.34. The summed E-state index contributed by atoms with van der Waals surface area (Å²) >= 11 is 0. The van der Waals surface area contributed by atoms with Gasteiger partial charge in [0.1, 0.15) is 0 Å². The third kappa shape index (κ3) is 3.13. The van der Waals surface area contributed by atoms with Gasteiger partial charge in [0, 0.05) is 18.8 Å². The fourth-order valence-corrected chi connectivity index (χ4v) is 3.62. The molecule has 1 heteroatoms. The molecule has 0 radical (unpaired) electrons. The van der Waals surface area contributed by atoms with E-state index in [1.165, 1.54) is 31.4 Å². The van der Waals surface area contributed by atoms with Gasteiger partial charge < -0.3 is 4.90 Å². The molecular weight excluding hydrogens is 230 g/mol. The lowest BCUT2D eigenvalue weighted by Crippen LogP contribution is -2.27. The Morgan fingerprint density at radius 3 is 2.84 bits per heavy atom. The second-order valence-corrected chi connectivity index (χ2v) is 6.86. The van der Waals surface area contributed by atoms with E-state index in [2.05, 4.69) is 44.9 Å². The normalized spacial score (nSPS) is 33.5. The zero-order chi connectivity index (χ0) is 14.0. The van der Waals surface area contributed by atoms with E-state index in [1.807, 2.05) is 6.08 Å². The molecule has 0 spiro atoms. The van der Waals surface area contributed by atoms with E-state index in [4.69, 9.17) is 0 Å². The first-order chi connectivity index (χ1) is 8.97. The second-order valence-electron chi connectivity index (χ2n) is 6.86. The summed E-state index contributed by atoms with van der Waals surface area (Å²) in [4.78, 5) is 2.38. The molecule has 0 saturated heterocycles. The summed E-state index contributed by atoms with van der Waals surface area (Å²) in [5.74, 6) is 1.75. The first kappa shape index (κ1) is 14.4. The topological polar surface area (TPSA) is 3.24 Å². The fourth-order valence-electron chi connectivity index (χ4n) is 3.62. The van der Waals surface area contributed by atoms with Crippen LogP contribution in [-0.2, 0) is 0 Å². The summed E-state index contributed by atoms with van der Waals surface area (Å²) in [6.07, 6.45) is 9.85. The van der Waals surface area contributed by atoms with Crippen LogP contribution in [0, 0.1) is 17.3 Å². The van der Waals surface area contributed by atoms with Crippen LogP contribution >= 0.6 is 0 Å². The van der Waals surface area contributed by atoms with E-state index >= 15 is 0 Å². The van der Waals surface area contributed by atoms with E-state index in [1.54, 1.807) is 5.57 Å². The van der Waals surface area contributed by atoms with Crippen LogP contribution in [-0.4, -0.2) is 18.0 Å². The highest BCUT2D eigenvalue weighted by Crippen LogP contribution is 2.60. The van der Waals surface area contributed by atoms with Crippen molar-refractivity contribution in [2.24, 2.45) is 17.3 Å². The molecule has 1 fully saturated rings. The lowest BCUT2D eigenvalue weighted by atomic mass is 9.78. The molecule has 0 bridgehead atoms. The molecule has 1 nitrogen and oxygen atoms in total. The third-order valence-corrected chi connectivity index (χ3v) is 5.36. The fraction of sp³-hybridized carbons (Fsp3) is 0.667. The summed E-state index contributed by atoms with van der Waals surface area (Å²) in [5, 5.41) is 0. The Morgan fingerprint density at radius 2 is 2.32 bits per heavy atom. The molecule has 0 amide bonds. The van der Waals surface area contributed by atoms with Crippen molar-refractivity contribution in [1.82, 2.24) is 4.90 Å². The van der Waals surface area contributed by atoms with Crippen LogP contribution in [0.25, 0.3) is 0 Å². The summed E-state index contributed by atoms with van der Waals surface area (Å²) < 4.78 is 0. The van der Waals surface area contributed by atoms with Crippen molar-refractivity contribution < 1.29 is 0 Å². The predicted molar refractivity (Wildman–Crippen MR) is 83.9 cm³/mol. The maximum absolute atomic E-state index is 4.09. The monoisotopic (exact) mass is 259 g/mol. The van der Waals surface area contributed by atoms with Gasteiger partial charge in [-0.25, -0.2) is 0 Å². The van der Waals surface area contributed by atoms with Crippen molar-refractivity contribution in [2.45, 2.75) is 46.5 Å². The molecule has 0 aromatic rings. The van der Waals surface area contributed by atoms with Gasteiger partial charge in [0.05, 0.1) is 0 Å². The molecule has 19 heavy (non-hydrogen) atoms. The number of rotatable bonds is 6. The minimum absolute atomic E-state index is 0.575. The maximum atomic E-state index is 4.09. The largest absolute Gasteiger partial charge is 0.372 e. The molecule has 0 aromatic carbocycles. The average Bonchev–Trinajstić information content (AvgIpc) is 3.01. The second kappa shape index (κ2) is 5.56. The quantitative estimate of drug-likeness (QED) is 0.620. The smallest absolute Gasteiger partial charge is 0.0353 e. The Morgan fingerprint density at radius 1 is 1.58 bits per heavy atom. The average molecular weight is 259 g/mol. The van der Waals surface area contributed by atoms with Gasteiger partial charge in [-0.05, 0) is 56.8 Å². The van der Waals surface area contributed by atoms with Crippen LogP contribution in [0.15, 0.2) is 36.6 Å². The number of hydrogen-bond donors (Lipinski definition) is 0. The molecule has 0 heterocycles. The van der Waals surface area contributed by atoms with Crippen LogP contribution in [0.1, 0.15) is 46.5 Å². The number of nitrogens with zero attached hydrogens (tertiary/aromatic N) is 1. The van der Waals surface area contributed by atoms with Crippen molar-refractivity contribution in [1.29, 1.82) is 0 Å². The molecule has 3 atom stereocenters. The Kier molecular flexibility index (Phi) is 4.23. The summed E-state index contributed by atoms with van der Waals surface area (Å²) in [7, 11) is 0. The lowest BCUT2D eigenvalue weighted by molar-refractivity contribution is 0.251. The molecule has 106 valence electrons. The van der Waals surface area contributed by atoms with Crippen molar-refractivity contribution in [3.05, 3.63) is 36.6 Å². The minimum Gasteiger partial charge on any atom is -0.372 e. The van der Waals surface area contributed by atoms with Gasteiger partial charge in [-0.1, -0.05) is 31.2 Å². The van der Waals surface area contributed by atoms with Gasteiger partial charge >= 0.3 is 0 Å². The van der Waals surface area contributed by atoms with Crippen molar-refractivity contribution in [3.8, 4) is 0 Å². The highest BCUT2D eigenvalue weighted by atomic mass is 15.1. The molecule has 0 N–H and O–H groups in total. The zero-order valence-corrected chi connectivity index (χ0v) is 12.9. The van der Waals surface area contributed by atoms with Crippen LogP contribution in [0.5, 0.6) is 0 Å². The van der Waals surface area contributed by atoms with E-state index in [0.717, 1.165) is 24.9 Å². The van der Waals surface area contributed by atoms with Gasteiger partial charge in [0.15, 0.2) is 0 Å². The van der Waals surface area contributed by atoms with E-state index in [-0.39, 0.29) is 0 Å². The molecule has 2 aliphatic rings. The molecule has 2 rings (SSSR count). The van der Waals surface area contributed by atoms with Crippen molar-refractivity contribution in [3.63, 3.8) is 0 Å². The van der Waals surface area contributed by atoms with Gasteiger partial charge in [-0.2, -0.15) is 0 Å². The summed E-state index contributed by atoms with van der Waals surface area (Å²) in [6.45, 7) is 16.9. The third-order valence-electron chi connectivity index (χ3n) is 5.36. The van der Waals surface area contributed by atoms with Crippen molar-refractivity contribution in [2.75, 3.05) is 13.1 Å².